The van der Waals surface area contributed by atoms with Gasteiger partial charge in [-0.25, -0.2) is 4.68 Å². The Labute approximate surface area is 200 Å². The fourth-order valence-electron chi connectivity index (χ4n) is 3.30. The van der Waals surface area contributed by atoms with Crippen LogP contribution >= 0.6 is 11.8 Å². The van der Waals surface area contributed by atoms with Crippen molar-refractivity contribution in [2.24, 2.45) is 0 Å². The molecule has 34 heavy (non-hydrogen) atoms. The highest BCUT2D eigenvalue weighted by Crippen LogP contribution is 2.35. The maximum Gasteiger partial charge on any atom is 0.264 e. The highest BCUT2D eigenvalue weighted by molar-refractivity contribution is 7.98. The van der Waals surface area contributed by atoms with Crippen LogP contribution < -0.4 is 20.5 Å². The van der Waals surface area contributed by atoms with Gasteiger partial charge in [0.1, 0.15) is 34.5 Å². The summed E-state index contributed by atoms with van der Waals surface area (Å²) in [6, 6.07) is 12.9. The first-order valence-corrected chi connectivity index (χ1v) is 11.5. The monoisotopic (exact) mass is 480 g/mol. The molecule has 0 aliphatic carbocycles. The predicted octanol–water partition coefficient (Wildman–Crippen LogP) is 3.87. The van der Waals surface area contributed by atoms with Crippen LogP contribution in [0, 0.1) is 6.92 Å². The first-order chi connectivity index (χ1) is 16.4. The van der Waals surface area contributed by atoms with Crippen LogP contribution in [0.25, 0.3) is 22.8 Å². The maximum atomic E-state index is 12.8. The summed E-state index contributed by atoms with van der Waals surface area (Å²) >= 11 is 1.37. The molecule has 10 nitrogen and oxygen atoms in total. The van der Waals surface area contributed by atoms with Crippen molar-refractivity contribution in [1.82, 2.24) is 19.9 Å². The van der Waals surface area contributed by atoms with Crippen LogP contribution in [-0.2, 0) is 11.3 Å². The normalized spacial score (nSPS) is 10.8. The second-order valence-corrected chi connectivity index (χ2v) is 8.13. The minimum atomic E-state index is -0.342. The molecule has 0 unspecified atom stereocenters. The maximum absolute atomic E-state index is 12.8. The lowest BCUT2D eigenvalue weighted by Gasteiger charge is -2.12. The summed E-state index contributed by atoms with van der Waals surface area (Å²) in [5.41, 5.74) is 9.28. The molecule has 1 amide bonds. The zero-order valence-corrected chi connectivity index (χ0v) is 20.0. The summed E-state index contributed by atoms with van der Waals surface area (Å²) < 4.78 is 17.4. The Morgan fingerprint density at radius 1 is 1.18 bits per heavy atom. The van der Waals surface area contributed by atoms with Gasteiger partial charge in [-0.05, 0) is 25.3 Å². The standard InChI is InChI=1S/C23H24N6O4S/c1-13-5-7-14(8-6-13)21-26-22(33-28-21)19-20(24)29(27-23(19)34-4)12-18(30)25-16-11-15(31-2)9-10-17(16)32-3/h5-11H,12,24H2,1-4H3,(H,25,30). The number of amides is 1. The van der Waals surface area contributed by atoms with Crippen LogP contribution in [0.4, 0.5) is 11.5 Å². The van der Waals surface area contributed by atoms with Crippen molar-refractivity contribution >= 4 is 29.2 Å². The smallest absolute Gasteiger partial charge is 0.264 e. The van der Waals surface area contributed by atoms with Crippen molar-refractivity contribution in [2.75, 3.05) is 31.5 Å². The number of rotatable bonds is 8. The molecule has 0 aliphatic heterocycles. The number of nitrogen functional groups attached to an aromatic ring is 1. The molecular formula is C23H24N6O4S. The number of aromatic nitrogens is 4. The molecule has 2 aromatic carbocycles. The fourth-order valence-corrected chi connectivity index (χ4v) is 3.88. The Balaban J connectivity index is 1.58. The molecule has 0 bridgehead atoms. The molecule has 0 fully saturated rings. The van der Waals surface area contributed by atoms with Gasteiger partial charge < -0.3 is 25.0 Å². The van der Waals surface area contributed by atoms with E-state index in [-0.39, 0.29) is 24.2 Å². The molecule has 0 saturated carbocycles. The highest BCUT2D eigenvalue weighted by Gasteiger charge is 2.24. The Kier molecular flexibility index (Phi) is 6.73. The largest absolute Gasteiger partial charge is 0.497 e. The van der Waals surface area contributed by atoms with E-state index >= 15 is 0 Å². The van der Waals surface area contributed by atoms with Gasteiger partial charge in [-0.2, -0.15) is 10.1 Å². The van der Waals surface area contributed by atoms with E-state index in [0.29, 0.717) is 33.6 Å². The Morgan fingerprint density at radius 2 is 1.94 bits per heavy atom. The summed E-state index contributed by atoms with van der Waals surface area (Å²) in [6.45, 7) is 1.88. The summed E-state index contributed by atoms with van der Waals surface area (Å²) in [4.78, 5) is 17.3. The number of nitrogens with one attached hydrogen (secondary N) is 1. The van der Waals surface area contributed by atoms with E-state index in [9.17, 15) is 4.79 Å². The lowest BCUT2D eigenvalue weighted by molar-refractivity contribution is -0.116. The number of hydrogen-bond donors (Lipinski definition) is 2. The Bertz CT molecular complexity index is 1320. The van der Waals surface area contributed by atoms with Crippen LogP contribution in [0.2, 0.25) is 0 Å². The summed E-state index contributed by atoms with van der Waals surface area (Å²) in [7, 11) is 3.07. The summed E-state index contributed by atoms with van der Waals surface area (Å²) in [5, 5.41) is 11.9. The number of ether oxygens (including phenoxy) is 2. The second kappa shape index (κ2) is 9.87. The molecule has 0 radical (unpaired) electrons. The van der Waals surface area contributed by atoms with Crippen molar-refractivity contribution in [3.8, 4) is 34.3 Å². The van der Waals surface area contributed by atoms with E-state index in [1.165, 1.54) is 23.6 Å². The van der Waals surface area contributed by atoms with Crippen LogP contribution in [0.3, 0.4) is 0 Å². The van der Waals surface area contributed by atoms with Crippen LogP contribution in [0.1, 0.15) is 5.56 Å². The van der Waals surface area contributed by atoms with Crippen molar-refractivity contribution in [1.29, 1.82) is 0 Å². The lowest BCUT2D eigenvalue weighted by atomic mass is 10.1. The third-order valence-corrected chi connectivity index (χ3v) is 5.75. The Morgan fingerprint density at radius 3 is 2.62 bits per heavy atom. The first-order valence-electron chi connectivity index (χ1n) is 10.3. The van der Waals surface area contributed by atoms with E-state index in [4.69, 9.17) is 19.7 Å². The molecule has 176 valence electrons. The van der Waals surface area contributed by atoms with Gasteiger partial charge in [-0.15, -0.1) is 11.8 Å². The van der Waals surface area contributed by atoms with Gasteiger partial charge in [0, 0.05) is 11.6 Å². The number of aryl methyl sites for hydroxylation is 1. The first kappa shape index (κ1) is 23.2. The summed E-state index contributed by atoms with van der Waals surface area (Å²) in [6.07, 6.45) is 1.86. The van der Waals surface area contributed by atoms with E-state index < -0.39 is 0 Å². The molecule has 4 aromatic rings. The van der Waals surface area contributed by atoms with Gasteiger partial charge >= 0.3 is 0 Å². The summed E-state index contributed by atoms with van der Waals surface area (Å²) in [5.74, 6) is 1.67. The molecule has 11 heteroatoms. The average Bonchev–Trinajstić information content (AvgIpc) is 3.44. The number of carbonyl (C=O) groups is 1. The van der Waals surface area contributed by atoms with Crippen LogP contribution in [0.5, 0.6) is 11.5 Å². The van der Waals surface area contributed by atoms with Crippen molar-refractivity contribution in [3.63, 3.8) is 0 Å². The quantitative estimate of drug-likeness (QED) is 0.361. The third kappa shape index (κ3) is 4.69. The number of nitrogens with two attached hydrogens (primary N) is 1. The zero-order chi connectivity index (χ0) is 24.2. The Hall–Kier alpha value is -3.99. The second-order valence-electron chi connectivity index (χ2n) is 7.33. The molecule has 4 rings (SSSR count). The SMILES string of the molecule is COc1ccc(OC)c(NC(=O)Cn2nc(SC)c(-c3nc(-c4ccc(C)cc4)no3)c2N)c1. The van der Waals surface area contributed by atoms with E-state index in [2.05, 4.69) is 20.6 Å². The van der Waals surface area contributed by atoms with Gasteiger partial charge in [0.25, 0.3) is 5.89 Å². The number of nitrogens with zero attached hydrogens (tertiary/aromatic N) is 4. The molecular weight excluding hydrogens is 456 g/mol. The third-order valence-electron chi connectivity index (χ3n) is 5.08. The average molecular weight is 481 g/mol. The number of hydrogen-bond acceptors (Lipinski definition) is 9. The van der Waals surface area contributed by atoms with Gasteiger partial charge in [-0.3, -0.25) is 4.79 Å². The van der Waals surface area contributed by atoms with Gasteiger partial charge in [-0.1, -0.05) is 35.0 Å². The molecule has 0 aliphatic rings. The van der Waals surface area contributed by atoms with Crippen LogP contribution in [0.15, 0.2) is 52.0 Å². The zero-order valence-electron chi connectivity index (χ0n) is 19.2. The molecule has 2 aromatic heterocycles. The lowest BCUT2D eigenvalue weighted by Crippen LogP contribution is -2.21. The predicted molar refractivity (Wildman–Crippen MR) is 130 cm³/mol. The topological polar surface area (TPSA) is 130 Å². The van der Waals surface area contributed by atoms with Crippen molar-refractivity contribution in [3.05, 3.63) is 48.0 Å². The highest BCUT2D eigenvalue weighted by atomic mass is 32.2. The fraction of sp³-hybridized carbons (Fsp3) is 0.217. The molecule has 2 heterocycles. The molecule has 0 atom stereocenters. The number of benzene rings is 2. The van der Waals surface area contributed by atoms with E-state index in [1.807, 2.05) is 37.4 Å². The minimum absolute atomic E-state index is 0.126. The van der Waals surface area contributed by atoms with Gasteiger partial charge in [0.2, 0.25) is 11.7 Å². The van der Waals surface area contributed by atoms with E-state index in [1.54, 1.807) is 25.3 Å². The number of anilines is 2. The number of thioether (sulfide) groups is 1. The van der Waals surface area contributed by atoms with Crippen molar-refractivity contribution in [2.45, 2.75) is 18.5 Å². The van der Waals surface area contributed by atoms with Crippen LogP contribution in [-0.4, -0.2) is 46.3 Å². The van der Waals surface area contributed by atoms with Crippen molar-refractivity contribution < 1.29 is 18.8 Å². The molecule has 3 N–H and O–H groups in total. The number of carbonyl (C=O) groups excluding carboxylic acids is 1. The van der Waals surface area contributed by atoms with Gasteiger partial charge in [0.15, 0.2) is 0 Å². The minimum Gasteiger partial charge on any atom is -0.497 e. The number of methoxy groups -OCH3 is 2. The van der Waals surface area contributed by atoms with Gasteiger partial charge in [0.05, 0.1) is 19.9 Å². The molecule has 0 saturated heterocycles. The van der Waals surface area contributed by atoms with E-state index in [0.717, 1.165) is 11.1 Å². The molecule has 0 spiro atoms.